The Bertz CT molecular complexity index is 692. The van der Waals surface area contributed by atoms with Crippen LogP contribution in [0.3, 0.4) is 0 Å². The summed E-state index contributed by atoms with van der Waals surface area (Å²) >= 11 is 0. The van der Waals surface area contributed by atoms with Crippen molar-refractivity contribution in [2.45, 2.75) is 45.3 Å². The van der Waals surface area contributed by atoms with Gasteiger partial charge in [-0.15, -0.1) is 0 Å². The van der Waals surface area contributed by atoms with E-state index in [2.05, 4.69) is 10.6 Å². The van der Waals surface area contributed by atoms with Crippen LogP contribution >= 0.6 is 0 Å². The van der Waals surface area contributed by atoms with E-state index in [4.69, 9.17) is 0 Å². The normalized spacial score (nSPS) is 18.7. The fourth-order valence-electron chi connectivity index (χ4n) is 3.14. The fourth-order valence-corrected chi connectivity index (χ4v) is 3.14. The van der Waals surface area contributed by atoms with E-state index in [0.717, 1.165) is 18.4 Å². The van der Waals surface area contributed by atoms with Gasteiger partial charge >= 0.3 is 11.8 Å². The lowest BCUT2D eigenvalue weighted by Crippen LogP contribution is -2.56. The summed E-state index contributed by atoms with van der Waals surface area (Å²) in [6, 6.07) is 7.99. The Balaban J connectivity index is 1.42. The first-order valence-electron chi connectivity index (χ1n) is 9.61. The van der Waals surface area contributed by atoms with Crippen molar-refractivity contribution in [3.05, 3.63) is 35.4 Å². The van der Waals surface area contributed by atoms with Crippen LogP contribution in [0.5, 0.6) is 0 Å². The SMILES string of the molecule is Cc1ccc(CNC(=O)C(C)N2CCN(C(=O)C(=O)NC3CC3)CC2)cc1. The Kier molecular flexibility index (Phi) is 6.11. The van der Waals surface area contributed by atoms with Crippen LogP contribution in [0.25, 0.3) is 0 Å². The van der Waals surface area contributed by atoms with E-state index >= 15 is 0 Å². The summed E-state index contributed by atoms with van der Waals surface area (Å²) in [4.78, 5) is 40.1. The number of nitrogens with one attached hydrogen (secondary N) is 2. The predicted octanol–water partition coefficient (Wildman–Crippen LogP) is 0.423. The van der Waals surface area contributed by atoms with Crippen molar-refractivity contribution in [3.8, 4) is 0 Å². The van der Waals surface area contributed by atoms with Gasteiger partial charge in [0.25, 0.3) is 0 Å². The van der Waals surface area contributed by atoms with Gasteiger partial charge < -0.3 is 15.5 Å². The number of carbonyl (C=O) groups excluding carboxylic acids is 3. The molecule has 1 saturated heterocycles. The molecule has 2 N–H and O–H groups in total. The summed E-state index contributed by atoms with van der Waals surface area (Å²) in [5, 5.41) is 5.70. The van der Waals surface area contributed by atoms with Crippen LogP contribution in [-0.2, 0) is 20.9 Å². The maximum atomic E-state index is 12.4. The van der Waals surface area contributed by atoms with Crippen molar-refractivity contribution in [1.82, 2.24) is 20.4 Å². The van der Waals surface area contributed by atoms with Gasteiger partial charge in [0, 0.05) is 38.8 Å². The minimum Gasteiger partial charge on any atom is -0.351 e. The lowest BCUT2D eigenvalue weighted by molar-refractivity contribution is -0.147. The lowest BCUT2D eigenvalue weighted by atomic mass is 10.1. The minimum absolute atomic E-state index is 0.0261. The Morgan fingerprint density at radius 2 is 1.70 bits per heavy atom. The van der Waals surface area contributed by atoms with Crippen molar-refractivity contribution in [3.63, 3.8) is 0 Å². The Labute approximate surface area is 160 Å². The van der Waals surface area contributed by atoms with Crippen molar-refractivity contribution in [2.75, 3.05) is 26.2 Å². The Morgan fingerprint density at radius 1 is 1.07 bits per heavy atom. The standard InChI is InChI=1S/C20H28N4O3/c1-14-3-5-16(6-4-14)13-21-18(25)15(2)23-9-11-24(12-10-23)20(27)19(26)22-17-7-8-17/h3-6,15,17H,7-13H2,1-2H3,(H,21,25)(H,22,26). The number of aryl methyl sites for hydroxylation is 1. The van der Waals surface area contributed by atoms with Gasteiger partial charge in [0.15, 0.2) is 0 Å². The first-order chi connectivity index (χ1) is 12.9. The summed E-state index contributed by atoms with van der Waals surface area (Å²) in [6.07, 6.45) is 1.92. The number of nitrogens with zero attached hydrogens (tertiary/aromatic N) is 2. The summed E-state index contributed by atoms with van der Waals surface area (Å²) in [6.45, 7) is 6.51. The highest BCUT2D eigenvalue weighted by Crippen LogP contribution is 2.18. The molecule has 1 heterocycles. The summed E-state index contributed by atoms with van der Waals surface area (Å²) in [5.74, 6) is -0.991. The maximum absolute atomic E-state index is 12.4. The summed E-state index contributed by atoms with van der Waals surface area (Å²) in [7, 11) is 0. The number of rotatable bonds is 5. The molecule has 0 aromatic heterocycles. The van der Waals surface area contributed by atoms with Gasteiger partial charge in [0.05, 0.1) is 6.04 Å². The van der Waals surface area contributed by atoms with Crippen LogP contribution in [0.2, 0.25) is 0 Å². The van der Waals surface area contributed by atoms with Crippen LogP contribution in [0, 0.1) is 6.92 Å². The van der Waals surface area contributed by atoms with Crippen molar-refractivity contribution in [1.29, 1.82) is 0 Å². The highest BCUT2D eigenvalue weighted by molar-refractivity contribution is 6.35. The average molecular weight is 372 g/mol. The van der Waals surface area contributed by atoms with Gasteiger partial charge in [-0.2, -0.15) is 0 Å². The number of hydrogen-bond donors (Lipinski definition) is 2. The quantitative estimate of drug-likeness (QED) is 0.734. The van der Waals surface area contributed by atoms with Gasteiger partial charge in [0.1, 0.15) is 0 Å². The molecule has 1 unspecified atom stereocenters. The van der Waals surface area contributed by atoms with Gasteiger partial charge in [-0.25, -0.2) is 0 Å². The second kappa shape index (κ2) is 8.52. The molecular formula is C20H28N4O3. The predicted molar refractivity (Wildman–Crippen MR) is 102 cm³/mol. The Hall–Kier alpha value is -2.41. The largest absolute Gasteiger partial charge is 0.351 e. The molecule has 7 heteroatoms. The third-order valence-electron chi connectivity index (χ3n) is 5.22. The Morgan fingerprint density at radius 3 is 2.30 bits per heavy atom. The molecule has 0 radical (unpaired) electrons. The second-order valence-corrected chi connectivity index (χ2v) is 7.46. The summed E-state index contributed by atoms with van der Waals surface area (Å²) < 4.78 is 0. The molecule has 2 fully saturated rings. The zero-order valence-corrected chi connectivity index (χ0v) is 16.0. The number of benzene rings is 1. The zero-order chi connectivity index (χ0) is 19.4. The van der Waals surface area contributed by atoms with E-state index in [-0.39, 0.29) is 18.0 Å². The third kappa shape index (κ3) is 5.29. The zero-order valence-electron chi connectivity index (χ0n) is 16.0. The molecular weight excluding hydrogens is 344 g/mol. The van der Waals surface area contributed by atoms with Crippen molar-refractivity contribution in [2.24, 2.45) is 0 Å². The monoisotopic (exact) mass is 372 g/mol. The molecule has 1 aliphatic carbocycles. The first kappa shape index (κ1) is 19.4. The molecule has 2 aliphatic rings. The van der Waals surface area contributed by atoms with Gasteiger partial charge in [-0.1, -0.05) is 29.8 Å². The molecule has 1 saturated carbocycles. The van der Waals surface area contributed by atoms with Crippen molar-refractivity contribution >= 4 is 17.7 Å². The summed E-state index contributed by atoms with van der Waals surface area (Å²) in [5.41, 5.74) is 2.26. The molecule has 1 aromatic rings. The maximum Gasteiger partial charge on any atom is 0.311 e. The van der Waals surface area contributed by atoms with Crippen LogP contribution in [-0.4, -0.2) is 65.8 Å². The van der Waals surface area contributed by atoms with E-state index < -0.39 is 11.8 Å². The molecule has 146 valence electrons. The highest BCUT2D eigenvalue weighted by atomic mass is 16.2. The van der Waals surface area contributed by atoms with E-state index in [1.807, 2.05) is 43.0 Å². The topological polar surface area (TPSA) is 81.8 Å². The number of carbonyl (C=O) groups is 3. The van der Waals surface area contributed by atoms with Gasteiger partial charge in [-0.3, -0.25) is 19.3 Å². The smallest absolute Gasteiger partial charge is 0.311 e. The van der Waals surface area contributed by atoms with E-state index in [9.17, 15) is 14.4 Å². The van der Waals surface area contributed by atoms with Crippen molar-refractivity contribution < 1.29 is 14.4 Å². The molecule has 27 heavy (non-hydrogen) atoms. The molecule has 3 amide bonds. The van der Waals surface area contributed by atoms with Crippen LogP contribution in [0.4, 0.5) is 0 Å². The van der Waals surface area contributed by atoms with Crippen LogP contribution < -0.4 is 10.6 Å². The number of amides is 3. The highest BCUT2D eigenvalue weighted by Gasteiger charge is 2.32. The minimum atomic E-state index is -0.505. The average Bonchev–Trinajstić information content (AvgIpc) is 3.50. The molecule has 1 atom stereocenters. The lowest BCUT2D eigenvalue weighted by Gasteiger charge is -2.37. The molecule has 0 spiro atoms. The molecule has 1 aliphatic heterocycles. The fraction of sp³-hybridized carbons (Fsp3) is 0.550. The van der Waals surface area contributed by atoms with E-state index in [1.165, 1.54) is 5.56 Å². The molecule has 0 bridgehead atoms. The third-order valence-corrected chi connectivity index (χ3v) is 5.22. The number of piperazine rings is 1. The number of hydrogen-bond acceptors (Lipinski definition) is 4. The van der Waals surface area contributed by atoms with Gasteiger partial charge in [-0.05, 0) is 32.3 Å². The molecule has 7 nitrogen and oxygen atoms in total. The molecule has 1 aromatic carbocycles. The van der Waals surface area contributed by atoms with Crippen LogP contribution in [0.1, 0.15) is 30.9 Å². The molecule has 3 rings (SSSR count). The first-order valence-corrected chi connectivity index (χ1v) is 9.61. The van der Waals surface area contributed by atoms with E-state index in [0.29, 0.717) is 32.7 Å². The van der Waals surface area contributed by atoms with E-state index in [1.54, 1.807) is 4.90 Å². The van der Waals surface area contributed by atoms with Crippen LogP contribution in [0.15, 0.2) is 24.3 Å². The van der Waals surface area contributed by atoms with Gasteiger partial charge in [0.2, 0.25) is 5.91 Å². The second-order valence-electron chi connectivity index (χ2n) is 7.46.